The molecule has 13 nitrogen and oxygen atoms in total. The second-order valence-electron chi connectivity index (χ2n) is 13.2. The van der Waals surface area contributed by atoms with Crippen molar-refractivity contribution in [2.24, 2.45) is 0 Å². The van der Waals surface area contributed by atoms with Crippen molar-refractivity contribution in [1.29, 1.82) is 0 Å². The zero-order chi connectivity index (χ0) is 42.6. The van der Waals surface area contributed by atoms with E-state index in [1.54, 1.807) is 60.7 Å². The minimum Gasteiger partial charge on any atom is -0.497 e. The monoisotopic (exact) mass is 841 g/mol. The smallest absolute Gasteiger partial charge is 0.255 e. The molecule has 0 unspecified atom stereocenters. The van der Waals surface area contributed by atoms with Crippen LogP contribution in [0.5, 0.6) is 23.0 Å². The fraction of sp³-hybridized carbons (Fsp3) is 0.143. The first kappa shape index (κ1) is 41.1. The van der Waals surface area contributed by atoms with Gasteiger partial charge < -0.3 is 25.3 Å². The number of nitrogen functional groups attached to an aromatic ring is 1. The van der Waals surface area contributed by atoms with Gasteiger partial charge >= 0.3 is 0 Å². The quantitative estimate of drug-likeness (QED) is 0.0610. The number of methoxy groups -OCH3 is 2. The van der Waals surface area contributed by atoms with Gasteiger partial charge in [0, 0.05) is 25.2 Å². The van der Waals surface area contributed by atoms with Gasteiger partial charge in [0.05, 0.1) is 26.2 Å². The van der Waals surface area contributed by atoms with Gasteiger partial charge in [0.1, 0.15) is 51.3 Å². The van der Waals surface area contributed by atoms with Gasteiger partial charge in [-0.25, -0.2) is 40.6 Å². The molecule has 0 saturated carbocycles. The van der Waals surface area contributed by atoms with Crippen LogP contribution in [0.25, 0.3) is 22.3 Å². The van der Waals surface area contributed by atoms with Crippen LogP contribution >= 0.6 is 0 Å². The van der Waals surface area contributed by atoms with E-state index in [-0.39, 0.29) is 18.0 Å². The van der Waals surface area contributed by atoms with Crippen LogP contribution in [0, 0.1) is 23.3 Å². The van der Waals surface area contributed by atoms with E-state index in [1.165, 1.54) is 49.5 Å². The van der Waals surface area contributed by atoms with Gasteiger partial charge in [0.2, 0.25) is 10.0 Å². The molecular formula is C42H35F4N7O6S. The van der Waals surface area contributed by atoms with Crippen molar-refractivity contribution in [3.05, 3.63) is 149 Å². The lowest BCUT2D eigenvalue weighted by Gasteiger charge is -2.25. The summed E-state index contributed by atoms with van der Waals surface area (Å²) in [7, 11) is -2.46. The summed E-state index contributed by atoms with van der Waals surface area (Å²) in [5.74, 6) is -8.62. The molecule has 3 N–H and O–H groups in total. The maximum atomic E-state index is 15.8. The molecule has 0 saturated heterocycles. The second kappa shape index (κ2) is 17.4. The lowest BCUT2D eigenvalue weighted by molar-refractivity contribution is 0.0941. The summed E-state index contributed by atoms with van der Waals surface area (Å²) >= 11 is 0. The summed E-state index contributed by atoms with van der Waals surface area (Å²) in [5, 5.41) is 7.29. The van der Waals surface area contributed by atoms with Crippen LogP contribution in [0.1, 0.15) is 21.5 Å². The van der Waals surface area contributed by atoms with Crippen molar-refractivity contribution >= 4 is 32.8 Å². The van der Waals surface area contributed by atoms with E-state index in [1.807, 2.05) is 18.2 Å². The van der Waals surface area contributed by atoms with Crippen molar-refractivity contribution in [3.8, 4) is 34.3 Å². The largest absolute Gasteiger partial charge is 0.497 e. The number of hydrogen-bond acceptors (Lipinski definition) is 10. The van der Waals surface area contributed by atoms with E-state index in [2.05, 4.69) is 20.4 Å². The summed E-state index contributed by atoms with van der Waals surface area (Å²) < 4.78 is 109. The second-order valence-corrected chi connectivity index (χ2v) is 15.0. The number of fused-ring (bicyclic) bond motifs is 1. The Balaban J connectivity index is 1.18. The molecule has 1 amide bonds. The van der Waals surface area contributed by atoms with Crippen LogP contribution in [0.2, 0.25) is 0 Å². The molecule has 0 aliphatic rings. The molecule has 7 rings (SSSR count). The highest BCUT2D eigenvalue weighted by Gasteiger charge is 2.39. The first-order valence-corrected chi connectivity index (χ1v) is 19.5. The number of ether oxygens (including phenoxy) is 3. The van der Waals surface area contributed by atoms with E-state index >= 15 is 8.78 Å². The maximum absolute atomic E-state index is 15.8. The Morgan fingerprint density at radius 1 is 0.733 bits per heavy atom. The number of carbonyl (C=O) groups excluding carboxylic acids is 1. The molecule has 0 radical (unpaired) electrons. The number of sulfonamides is 1. The topological polar surface area (TPSA) is 164 Å². The van der Waals surface area contributed by atoms with Crippen LogP contribution in [-0.2, 0) is 29.7 Å². The molecule has 0 atom stereocenters. The highest BCUT2D eigenvalue weighted by Crippen LogP contribution is 2.34. The Morgan fingerprint density at radius 2 is 1.28 bits per heavy atom. The van der Waals surface area contributed by atoms with Crippen LogP contribution in [0.4, 0.5) is 23.4 Å². The third-order valence-corrected chi connectivity index (χ3v) is 11.2. The summed E-state index contributed by atoms with van der Waals surface area (Å²) in [6, 6.07) is 28.4. The highest BCUT2D eigenvalue weighted by molar-refractivity contribution is 7.89. The summed E-state index contributed by atoms with van der Waals surface area (Å²) in [5.41, 5.74) is 6.64. The maximum Gasteiger partial charge on any atom is 0.255 e. The van der Waals surface area contributed by atoms with Gasteiger partial charge in [-0.3, -0.25) is 4.79 Å². The van der Waals surface area contributed by atoms with Crippen molar-refractivity contribution in [2.45, 2.75) is 24.5 Å². The normalized spacial score (nSPS) is 11.5. The minimum absolute atomic E-state index is 0.0953. The van der Waals surface area contributed by atoms with E-state index in [4.69, 9.17) is 19.9 Å². The molecule has 308 valence electrons. The molecular weight excluding hydrogens is 807 g/mol. The number of amides is 1. The van der Waals surface area contributed by atoms with E-state index in [9.17, 15) is 22.0 Å². The molecule has 18 heteroatoms. The number of nitrogens with two attached hydrogens (primary N) is 1. The van der Waals surface area contributed by atoms with E-state index in [0.717, 1.165) is 0 Å². The molecule has 0 bridgehead atoms. The van der Waals surface area contributed by atoms with Gasteiger partial charge in [0.25, 0.3) is 5.91 Å². The summed E-state index contributed by atoms with van der Waals surface area (Å²) in [6.07, 6.45) is 1.20. The third kappa shape index (κ3) is 8.41. The minimum atomic E-state index is -5.32. The predicted molar refractivity (Wildman–Crippen MR) is 213 cm³/mol. The molecule has 0 aliphatic carbocycles. The van der Waals surface area contributed by atoms with Crippen LogP contribution < -0.4 is 25.3 Å². The number of halogens is 4. The predicted octanol–water partition coefficient (Wildman–Crippen LogP) is 7.26. The summed E-state index contributed by atoms with van der Waals surface area (Å²) in [6.45, 7) is -1.49. The number of nitrogens with one attached hydrogen (secondary N) is 1. The Bertz CT molecular complexity index is 2730. The third-order valence-electron chi connectivity index (χ3n) is 9.36. The van der Waals surface area contributed by atoms with Crippen molar-refractivity contribution in [3.63, 3.8) is 0 Å². The number of rotatable bonds is 15. The van der Waals surface area contributed by atoms with Gasteiger partial charge in [-0.15, -0.1) is 0 Å². The Labute approximate surface area is 341 Å². The molecule has 2 heterocycles. The molecule has 5 aromatic carbocycles. The number of anilines is 1. The molecule has 60 heavy (non-hydrogen) atoms. The van der Waals surface area contributed by atoms with Crippen LogP contribution in [0.3, 0.4) is 0 Å². The average molecular weight is 842 g/mol. The lowest BCUT2D eigenvalue weighted by Crippen LogP contribution is -2.36. The number of carbonyl (C=O) groups is 1. The van der Waals surface area contributed by atoms with Gasteiger partial charge in [-0.1, -0.05) is 42.5 Å². The number of para-hydroxylation sites is 1. The molecule has 7 aromatic rings. The lowest BCUT2D eigenvalue weighted by atomic mass is 10.1. The van der Waals surface area contributed by atoms with Crippen molar-refractivity contribution < 1.29 is 45.0 Å². The zero-order valence-corrected chi connectivity index (χ0v) is 32.7. The molecule has 0 fully saturated rings. The van der Waals surface area contributed by atoms with E-state index < -0.39 is 69.3 Å². The summed E-state index contributed by atoms with van der Waals surface area (Å²) in [4.78, 5) is 20.4. The van der Waals surface area contributed by atoms with Gasteiger partial charge in [-0.2, -0.15) is 9.40 Å². The fourth-order valence-corrected chi connectivity index (χ4v) is 7.99. The molecule has 0 aliphatic heterocycles. The Kier molecular flexibility index (Phi) is 11.9. The first-order valence-electron chi connectivity index (χ1n) is 18.1. The van der Waals surface area contributed by atoms with E-state index in [0.29, 0.717) is 55.1 Å². The number of nitrogens with zero attached hydrogens (tertiary/aromatic N) is 5. The van der Waals surface area contributed by atoms with Gasteiger partial charge in [-0.05, 0) is 71.8 Å². The average Bonchev–Trinajstić information content (AvgIpc) is 3.64. The molecule has 0 spiro atoms. The number of benzene rings is 5. The number of hydrogen-bond donors (Lipinski definition) is 2. The van der Waals surface area contributed by atoms with Gasteiger partial charge in [0.15, 0.2) is 28.9 Å². The van der Waals surface area contributed by atoms with Crippen LogP contribution in [0.15, 0.2) is 114 Å². The van der Waals surface area contributed by atoms with Crippen molar-refractivity contribution in [2.75, 3.05) is 26.5 Å². The first-order chi connectivity index (χ1) is 28.9. The zero-order valence-electron chi connectivity index (χ0n) is 31.9. The standard InChI is InChI=1S/C42H35F4N7O6S/c1-57-28-14-8-25(9-15-28)22-52(23-26-10-16-29(58-2)17-11-26)60(55,56)39-32(34(43)35(44)36(45)37(39)46)42(54)48-20-21-53-41-33(40(47)49-24-50-41)38(51-53)27-12-18-31(19-13-27)59-30-6-4-3-5-7-30/h3-19,24H,20-23H2,1-2H3,(H,48,54)(H2,47,49,50). The fourth-order valence-electron chi connectivity index (χ4n) is 6.34. The van der Waals surface area contributed by atoms with Crippen molar-refractivity contribution in [1.82, 2.24) is 29.4 Å². The number of aromatic nitrogens is 4. The van der Waals surface area contributed by atoms with Crippen LogP contribution in [-0.4, -0.2) is 59.1 Å². The SMILES string of the molecule is COc1ccc(CN(Cc2ccc(OC)cc2)S(=O)(=O)c2c(F)c(F)c(F)c(F)c2C(=O)NCCn2nc(-c3ccc(Oc4ccccc4)cc3)c3c(N)ncnc32)cc1. The highest BCUT2D eigenvalue weighted by atomic mass is 32.2. The molecule has 2 aromatic heterocycles. The Morgan fingerprint density at radius 3 is 1.87 bits per heavy atom. The Hall–Kier alpha value is -7.05.